The number of rotatable bonds is 5. The molecule has 0 spiro atoms. The molecule has 1 unspecified atom stereocenters. The lowest BCUT2D eigenvalue weighted by Gasteiger charge is -2.33. The van der Waals surface area contributed by atoms with E-state index < -0.39 is 12.1 Å². The van der Waals surface area contributed by atoms with Crippen molar-refractivity contribution in [1.29, 1.82) is 0 Å². The number of alkyl halides is 3. The molecule has 3 nitrogen and oxygen atoms in total. The maximum Gasteiger partial charge on any atom is 0.391 e. The number of nitrogens with one attached hydrogen (secondary N) is 1. The van der Waals surface area contributed by atoms with Crippen molar-refractivity contribution in [2.75, 3.05) is 14.2 Å². The Bertz CT molecular complexity index is 236. The minimum absolute atomic E-state index is 0.0348. The molecule has 0 aliphatic heterocycles. The van der Waals surface area contributed by atoms with Gasteiger partial charge in [0.1, 0.15) is 0 Å². The number of methoxy groups -OCH3 is 2. The van der Waals surface area contributed by atoms with Crippen molar-refractivity contribution in [2.45, 2.75) is 57.2 Å². The van der Waals surface area contributed by atoms with E-state index in [2.05, 4.69) is 5.32 Å². The highest BCUT2D eigenvalue weighted by molar-refractivity contribution is 4.82. The van der Waals surface area contributed by atoms with Crippen LogP contribution in [0.2, 0.25) is 0 Å². The van der Waals surface area contributed by atoms with Crippen LogP contribution >= 0.6 is 0 Å². The zero-order valence-electron chi connectivity index (χ0n) is 11.1. The number of ether oxygens (including phenoxy) is 2. The molecule has 1 aliphatic rings. The van der Waals surface area contributed by atoms with Crippen LogP contribution < -0.4 is 5.32 Å². The Labute approximate surface area is 106 Å². The molecule has 108 valence electrons. The van der Waals surface area contributed by atoms with E-state index in [1.165, 1.54) is 0 Å². The van der Waals surface area contributed by atoms with Crippen LogP contribution in [-0.2, 0) is 9.47 Å². The van der Waals surface area contributed by atoms with Crippen LogP contribution in [0.5, 0.6) is 0 Å². The molecule has 18 heavy (non-hydrogen) atoms. The van der Waals surface area contributed by atoms with Crippen molar-refractivity contribution >= 4 is 0 Å². The summed E-state index contributed by atoms with van der Waals surface area (Å²) < 4.78 is 47.8. The Morgan fingerprint density at radius 1 is 1.06 bits per heavy atom. The van der Waals surface area contributed by atoms with Crippen LogP contribution in [0.4, 0.5) is 13.2 Å². The summed E-state index contributed by atoms with van der Waals surface area (Å²) >= 11 is 0. The molecule has 1 saturated carbocycles. The highest BCUT2D eigenvalue weighted by atomic mass is 19.4. The lowest BCUT2D eigenvalue weighted by molar-refractivity contribution is -0.183. The molecule has 0 aromatic carbocycles. The van der Waals surface area contributed by atoms with Gasteiger partial charge in [0.15, 0.2) is 6.29 Å². The minimum atomic E-state index is -4.04. The molecule has 1 rings (SSSR count). The van der Waals surface area contributed by atoms with Crippen LogP contribution in [0.15, 0.2) is 0 Å². The summed E-state index contributed by atoms with van der Waals surface area (Å²) in [5.74, 6) is -1.13. The lowest BCUT2D eigenvalue weighted by atomic mass is 9.85. The van der Waals surface area contributed by atoms with E-state index in [1.54, 1.807) is 14.2 Å². The van der Waals surface area contributed by atoms with E-state index >= 15 is 0 Å². The summed E-state index contributed by atoms with van der Waals surface area (Å²) in [6.07, 6.45) is -2.90. The number of hydrogen-bond acceptors (Lipinski definition) is 3. The van der Waals surface area contributed by atoms with E-state index in [0.717, 1.165) is 0 Å². The monoisotopic (exact) mass is 269 g/mol. The van der Waals surface area contributed by atoms with Gasteiger partial charge in [-0.2, -0.15) is 13.2 Å². The zero-order valence-corrected chi connectivity index (χ0v) is 11.1. The highest BCUT2D eigenvalue weighted by Gasteiger charge is 2.41. The fourth-order valence-corrected chi connectivity index (χ4v) is 2.54. The van der Waals surface area contributed by atoms with E-state index in [9.17, 15) is 13.2 Å². The highest BCUT2D eigenvalue weighted by Crippen LogP contribution is 2.37. The Morgan fingerprint density at radius 2 is 1.56 bits per heavy atom. The molecule has 0 aromatic rings. The van der Waals surface area contributed by atoms with E-state index in [-0.39, 0.29) is 31.2 Å². The molecule has 1 atom stereocenters. The molecule has 0 amide bonds. The van der Waals surface area contributed by atoms with Crippen molar-refractivity contribution in [3.8, 4) is 0 Å². The van der Waals surface area contributed by atoms with Gasteiger partial charge in [0.05, 0.1) is 12.0 Å². The topological polar surface area (TPSA) is 30.5 Å². The Balaban J connectivity index is 2.35. The van der Waals surface area contributed by atoms with Crippen molar-refractivity contribution in [3.05, 3.63) is 0 Å². The smallest absolute Gasteiger partial charge is 0.354 e. The SMILES string of the molecule is COC(OC)C(C)NC1CCC(C(F)(F)F)CC1. The summed E-state index contributed by atoms with van der Waals surface area (Å²) in [5, 5.41) is 3.28. The van der Waals surface area contributed by atoms with Gasteiger partial charge < -0.3 is 14.8 Å². The molecule has 0 heterocycles. The maximum atomic E-state index is 12.5. The van der Waals surface area contributed by atoms with E-state index in [4.69, 9.17) is 9.47 Å². The normalized spacial score (nSPS) is 27.5. The van der Waals surface area contributed by atoms with Gasteiger partial charge in [-0.15, -0.1) is 0 Å². The standard InChI is InChI=1S/C12H22F3NO2/c1-8(11(17-2)18-3)16-10-6-4-9(5-7-10)12(13,14)15/h8-11,16H,4-7H2,1-3H3. The van der Waals surface area contributed by atoms with Gasteiger partial charge in [0, 0.05) is 20.3 Å². The summed E-state index contributed by atoms with van der Waals surface area (Å²) in [6, 6.07) is 0.0823. The first-order chi connectivity index (χ1) is 8.38. The van der Waals surface area contributed by atoms with Gasteiger partial charge in [-0.1, -0.05) is 0 Å². The molecular weight excluding hydrogens is 247 g/mol. The van der Waals surface area contributed by atoms with Gasteiger partial charge in [-0.25, -0.2) is 0 Å². The van der Waals surface area contributed by atoms with Crippen LogP contribution in [0.1, 0.15) is 32.6 Å². The Hall–Kier alpha value is -0.330. The second-order valence-electron chi connectivity index (χ2n) is 4.89. The second kappa shape index (κ2) is 6.73. The first-order valence-corrected chi connectivity index (χ1v) is 6.26. The lowest BCUT2D eigenvalue weighted by Crippen LogP contribution is -2.47. The predicted molar refractivity (Wildman–Crippen MR) is 62.2 cm³/mol. The van der Waals surface area contributed by atoms with Crippen LogP contribution in [0, 0.1) is 5.92 Å². The average molecular weight is 269 g/mol. The molecule has 1 aliphatic carbocycles. The fraction of sp³-hybridized carbons (Fsp3) is 1.00. The van der Waals surface area contributed by atoms with Crippen LogP contribution in [-0.4, -0.2) is 38.8 Å². The second-order valence-corrected chi connectivity index (χ2v) is 4.89. The molecule has 1 fully saturated rings. The quantitative estimate of drug-likeness (QED) is 0.778. The van der Waals surface area contributed by atoms with Crippen molar-refractivity contribution < 1.29 is 22.6 Å². The molecule has 1 N–H and O–H groups in total. The summed E-state index contributed by atoms with van der Waals surface area (Å²) in [5.41, 5.74) is 0. The number of halogens is 3. The van der Waals surface area contributed by atoms with Crippen LogP contribution in [0.25, 0.3) is 0 Å². The third-order valence-electron chi connectivity index (χ3n) is 3.56. The first kappa shape index (κ1) is 15.7. The fourth-order valence-electron chi connectivity index (χ4n) is 2.54. The van der Waals surface area contributed by atoms with Crippen molar-refractivity contribution in [1.82, 2.24) is 5.32 Å². The zero-order chi connectivity index (χ0) is 13.8. The minimum Gasteiger partial charge on any atom is -0.354 e. The third kappa shape index (κ3) is 4.40. The Kier molecular flexibility index (Phi) is 5.88. The summed E-state index contributed by atoms with van der Waals surface area (Å²) in [6.45, 7) is 1.91. The van der Waals surface area contributed by atoms with Gasteiger partial charge in [-0.05, 0) is 32.6 Å². The predicted octanol–water partition coefficient (Wildman–Crippen LogP) is 2.70. The van der Waals surface area contributed by atoms with Crippen molar-refractivity contribution in [2.24, 2.45) is 5.92 Å². The Morgan fingerprint density at radius 3 is 1.94 bits per heavy atom. The summed E-state index contributed by atoms with van der Waals surface area (Å²) in [4.78, 5) is 0. The molecule has 0 saturated heterocycles. The third-order valence-corrected chi connectivity index (χ3v) is 3.56. The summed E-state index contributed by atoms with van der Waals surface area (Å²) in [7, 11) is 3.10. The molecule has 6 heteroatoms. The first-order valence-electron chi connectivity index (χ1n) is 6.26. The van der Waals surface area contributed by atoms with E-state index in [1.807, 2.05) is 6.92 Å². The van der Waals surface area contributed by atoms with Gasteiger partial charge in [0.25, 0.3) is 0 Å². The van der Waals surface area contributed by atoms with Gasteiger partial charge in [0.2, 0.25) is 0 Å². The molecule has 0 radical (unpaired) electrons. The largest absolute Gasteiger partial charge is 0.391 e. The van der Waals surface area contributed by atoms with Crippen LogP contribution in [0.3, 0.4) is 0 Å². The van der Waals surface area contributed by atoms with E-state index in [0.29, 0.717) is 12.8 Å². The van der Waals surface area contributed by atoms with Crippen molar-refractivity contribution in [3.63, 3.8) is 0 Å². The average Bonchev–Trinajstić information content (AvgIpc) is 2.30. The maximum absolute atomic E-state index is 12.5. The molecular formula is C12H22F3NO2. The molecule has 0 aromatic heterocycles. The molecule has 0 bridgehead atoms. The number of hydrogen-bond donors (Lipinski definition) is 1. The van der Waals surface area contributed by atoms with Gasteiger partial charge >= 0.3 is 6.18 Å². The van der Waals surface area contributed by atoms with Gasteiger partial charge in [-0.3, -0.25) is 0 Å².